The summed E-state index contributed by atoms with van der Waals surface area (Å²) in [7, 11) is -3.00. The van der Waals surface area contributed by atoms with Gasteiger partial charge >= 0.3 is 0 Å². The average Bonchev–Trinajstić information content (AvgIpc) is 2.26. The summed E-state index contributed by atoms with van der Waals surface area (Å²) in [5.74, 6) is -0.123. The molecule has 0 aliphatic heterocycles. The lowest BCUT2D eigenvalue weighted by Gasteiger charge is -2.04. The van der Waals surface area contributed by atoms with Crippen LogP contribution in [0.25, 0.3) is 0 Å². The van der Waals surface area contributed by atoms with Crippen molar-refractivity contribution in [1.82, 2.24) is 5.32 Å². The van der Waals surface area contributed by atoms with E-state index in [-0.39, 0.29) is 18.2 Å². The smallest absolute Gasteiger partial charge is 0.220 e. The van der Waals surface area contributed by atoms with Crippen molar-refractivity contribution in [3.8, 4) is 0 Å². The van der Waals surface area contributed by atoms with Gasteiger partial charge in [-0.2, -0.15) is 0 Å². The quantitative estimate of drug-likeness (QED) is 0.817. The van der Waals surface area contributed by atoms with Gasteiger partial charge in [0.05, 0.1) is 5.75 Å². The minimum Gasteiger partial charge on any atom is -0.355 e. The van der Waals surface area contributed by atoms with Crippen molar-refractivity contribution in [2.75, 3.05) is 18.6 Å². The summed E-state index contributed by atoms with van der Waals surface area (Å²) in [4.78, 5) is 11.4. The van der Waals surface area contributed by atoms with Crippen LogP contribution in [0.1, 0.15) is 12.0 Å². The fourth-order valence-corrected chi connectivity index (χ4v) is 1.84. The predicted molar refractivity (Wildman–Crippen MR) is 67.5 cm³/mol. The molecular weight excluding hydrogens is 238 g/mol. The highest BCUT2D eigenvalue weighted by Gasteiger charge is 2.05. The average molecular weight is 255 g/mol. The zero-order valence-corrected chi connectivity index (χ0v) is 10.7. The van der Waals surface area contributed by atoms with Gasteiger partial charge < -0.3 is 5.32 Å². The van der Waals surface area contributed by atoms with Crippen molar-refractivity contribution in [2.45, 2.75) is 12.8 Å². The predicted octanol–water partition coefficient (Wildman–Crippen LogP) is 0.780. The van der Waals surface area contributed by atoms with Gasteiger partial charge in [-0.05, 0) is 12.0 Å². The van der Waals surface area contributed by atoms with Crippen LogP contribution in [0.3, 0.4) is 0 Å². The van der Waals surface area contributed by atoms with Crippen molar-refractivity contribution in [3.63, 3.8) is 0 Å². The highest BCUT2D eigenvalue weighted by molar-refractivity contribution is 7.90. The minimum atomic E-state index is -3.00. The summed E-state index contributed by atoms with van der Waals surface area (Å²) in [6, 6.07) is 9.71. The molecule has 17 heavy (non-hydrogen) atoms. The second-order valence-electron chi connectivity index (χ2n) is 3.97. The topological polar surface area (TPSA) is 63.2 Å². The Morgan fingerprint density at radius 1 is 1.24 bits per heavy atom. The Hall–Kier alpha value is -1.36. The van der Waals surface area contributed by atoms with Gasteiger partial charge in [0, 0.05) is 19.2 Å². The lowest BCUT2D eigenvalue weighted by Crippen LogP contribution is -2.28. The van der Waals surface area contributed by atoms with E-state index in [9.17, 15) is 13.2 Å². The summed E-state index contributed by atoms with van der Waals surface area (Å²) in [6.45, 7) is 0.187. The van der Waals surface area contributed by atoms with E-state index < -0.39 is 9.84 Å². The Morgan fingerprint density at radius 3 is 2.47 bits per heavy atom. The first-order chi connectivity index (χ1) is 7.97. The Morgan fingerprint density at radius 2 is 1.88 bits per heavy atom. The van der Waals surface area contributed by atoms with E-state index >= 15 is 0 Å². The Balaban J connectivity index is 2.22. The number of carbonyl (C=O) groups excluding carboxylic acids is 1. The van der Waals surface area contributed by atoms with Crippen LogP contribution >= 0.6 is 0 Å². The van der Waals surface area contributed by atoms with E-state index in [1.165, 1.54) is 0 Å². The lowest BCUT2D eigenvalue weighted by atomic mass is 10.1. The van der Waals surface area contributed by atoms with Gasteiger partial charge in [0.25, 0.3) is 0 Å². The second kappa shape index (κ2) is 6.39. The molecule has 0 saturated heterocycles. The molecule has 0 radical (unpaired) electrons. The van der Waals surface area contributed by atoms with E-state index in [0.717, 1.165) is 11.8 Å². The van der Waals surface area contributed by atoms with E-state index in [1.807, 2.05) is 30.3 Å². The maximum Gasteiger partial charge on any atom is 0.220 e. The molecule has 1 amide bonds. The molecule has 0 saturated carbocycles. The maximum atomic E-state index is 11.4. The number of rotatable bonds is 6. The molecule has 0 spiro atoms. The van der Waals surface area contributed by atoms with E-state index in [1.54, 1.807) is 0 Å². The fraction of sp³-hybridized carbons (Fsp3) is 0.417. The molecule has 0 unspecified atom stereocenters. The Bertz CT molecular complexity index is 454. The standard InChI is InChI=1S/C12H17NO3S/c1-17(15,16)10-9-13-12(14)8-7-11-5-3-2-4-6-11/h2-6H,7-10H2,1H3,(H,13,14). The molecule has 0 aromatic heterocycles. The van der Waals surface area contributed by atoms with Crippen LogP contribution in [-0.2, 0) is 21.1 Å². The number of hydrogen-bond acceptors (Lipinski definition) is 3. The zero-order chi connectivity index (χ0) is 12.7. The number of benzene rings is 1. The van der Waals surface area contributed by atoms with Crippen LogP contribution in [0, 0.1) is 0 Å². The molecule has 1 rings (SSSR count). The molecule has 94 valence electrons. The second-order valence-corrected chi connectivity index (χ2v) is 6.23. The molecule has 0 aliphatic carbocycles. The molecule has 1 aromatic carbocycles. The number of sulfone groups is 1. The van der Waals surface area contributed by atoms with Crippen molar-refractivity contribution in [2.24, 2.45) is 0 Å². The highest BCUT2D eigenvalue weighted by atomic mass is 32.2. The van der Waals surface area contributed by atoms with Gasteiger partial charge in [0.2, 0.25) is 5.91 Å². The third kappa shape index (κ3) is 6.73. The first-order valence-corrected chi connectivity index (χ1v) is 7.52. The largest absolute Gasteiger partial charge is 0.355 e. The van der Waals surface area contributed by atoms with Crippen molar-refractivity contribution in [1.29, 1.82) is 0 Å². The summed E-state index contributed by atoms with van der Waals surface area (Å²) in [5, 5.41) is 2.59. The fourth-order valence-electron chi connectivity index (χ4n) is 1.37. The van der Waals surface area contributed by atoms with Crippen molar-refractivity contribution in [3.05, 3.63) is 35.9 Å². The Kier molecular flexibility index (Phi) is 5.15. The molecule has 0 bridgehead atoms. The van der Waals surface area contributed by atoms with Gasteiger partial charge in [0.1, 0.15) is 9.84 Å². The molecule has 5 heteroatoms. The molecule has 1 N–H and O–H groups in total. The molecular formula is C12H17NO3S. The van der Waals surface area contributed by atoms with Gasteiger partial charge in [-0.3, -0.25) is 4.79 Å². The van der Waals surface area contributed by atoms with Gasteiger partial charge in [0.15, 0.2) is 0 Å². The van der Waals surface area contributed by atoms with E-state index in [2.05, 4.69) is 5.32 Å². The third-order valence-corrected chi connectivity index (χ3v) is 3.22. The van der Waals surface area contributed by atoms with Crippen molar-refractivity contribution >= 4 is 15.7 Å². The minimum absolute atomic E-state index is 0.00984. The summed E-state index contributed by atoms with van der Waals surface area (Å²) < 4.78 is 21.7. The maximum absolute atomic E-state index is 11.4. The van der Waals surface area contributed by atoms with Gasteiger partial charge in [-0.25, -0.2) is 8.42 Å². The zero-order valence-electron chi connectivity index (χ0n) is 9.85. The van der Waals surface area contributed by atoms with E-state index in [0.29, 0.717) is 12.8 Å². The number of amides is 1. The van der Waals surface area contributed by atoms with Crippen LogP contribution in [0.2, 0.25) is 0 Å². The lowest BCUT2D eigenvalue weighted by molar-refractivity contribution is -0.120. The summed E-state index contributed by atoms with van der Waals surface area (Å²) >= 11 is 0. The molecule has 0 aliphatic rings. The normalized spacial score (nSPS) is 11.1. The van der Waals surface area contributed by atoms with Crippen LogP contribution in [0.15, 0.2) is 30.3 Å². The van der Waals surface area contributed by atoms with Crippen molar-refractivity contribution < 1.29 is 13.2 Å². The number of hydrogen-bond donors (Lipinski definition) is 1. The summed E-state index contributed by atoms with van der Waals surface area (Å²) in [5.41, 5.74) is 1.10. The van der Waals surface area contributed by atoms with Gasteiger partial charge in [-0.15, -0.1) is 0 Å². The molecule has 0 fully saturated rings. The SMILES string of the molecule is CS(=O)(=O)CCNC(=O)CCc1ccccc1. The molecule has 4 nitrogen and oxygen atoms in total. The first-order valence-electron chi connectivity index (χ1n) is 5.46. The highest BCUT2D eigenvalue weighted by Crippen LogP contribution is 2.01. The van der Waals surface area contributed by atoms with Crippen LogP contribution in [0.5, 0.6) is 0 Å². The number of carbonyl (C=O) groups is 1. The van der Waals surface area contributed by atoms with Crippen LogP contribution < -0.4 is 5.32 Å². The molecule has 1 aromatic rings. The molecule has 0 atom stereocenters. The number of nitrogens with one attached hydrogen (secondary N) is 1. The van der Waals surface area contributed by atoms with E-state index in [4.69, 9.17) is 0 Å². The first kappa shape index (κ1) is 13.7. The number of aryl methyl sites for hydroxylation is 1. The Labute approximate surface area is 102 Å². The monoisotopic (exact) mass is 255 g/mol. The summed E-state index contributed by atoms with van der Waals surface area (Å²) in [6.07, 6.45) is 2.21. The van der Waals surface area contributed by atoms with Crippen LogP contribution in [0.4, 0.5) is 0 Å². The third-order valence-electron chi connectivity index (χ3n) is 2.28. The van der Waals surface area contributed by atoms with Gasteiger partial charge in [-0.1, -0.05) is 30.3 Å². The molecule has 0 heterocycles. The van der Waals surface area contributed by atoms with Crippen LogP contribution in [-0.4, -0.2) is 32.9 Å².